The maximum atomic E-state index is 13.8. The Balaban J connectivity index is 2.47. The molecule has 0 fully saturated rings. The SMILES string of the molecule is CCNC(c1ccc(C)c(F)c1)c1ccncc1CC. The van der Waals surface area contributed by atoms with Gasteiger partial charge in [-0.2, -0.15) is 0 Å². The maximum absolute atomic E-state index is 13.8. The third-order valence-corrected chi connectivity index (χ3v) is 3.57. The molecule has 1 atom stereocenters. The molecule has 0 amide bonds. The molecule has 2 nitrogen and oxygen atoms in total. The Morgan fingerprint density at radius 3 is 2.70 bits per heavy atom. The zero-order valence-electron chi connectivity index (χ0n) is 12.3. The highest BCUT2D eigenvalue weighted by molar-refractivity contribution is 5.37. The van der Waals surface area contributed by atoms with Gasteiger partial charge in [0.15, 0.2) is 0 Å². The Morgan fingerprint density at radius 2 is 2.05 bits per heavy atom. The molecule has 20 heavy (non-hydrogen) atoms. The van der Waals surface area contributed by atoms with Crippen molar-refractivity contribution >= 4 is 0 Å². The van der Waals surface area contributed by atoms with Crippen LogP contribution in [0.1, 0.15) is 42.1 Å². The average Bonchev–Trinajstić information content (AvgIpc) is 2.48. The lowest BCUT2D eigenvalue weighted by molar-refractivity contribution is 0.595. The van der Waals surface area contributed by atoms with Gasteiger partial charge in [0, 0.05) is 12.4 Å². The van der Waals surface area contributed by atoms with Gasteiger partial charge in [0.1, 0.15) is 5.82 Å². The van der Waals surface area contributed by atoms with Crippen LogP contribution >= 0.6 is 0 Å². The summed E-state index contributed by atoms with van der Waals surface area (Å²) in [6, 6.07) is 7.48. The number of halogens is 1. The van der Waals surface area contributed by atoms with E-state index in [1.165, 1.54) is 11.1 Å². The minimum Gasteiger partial charge on any atom is -0.307 e. The lowest BCUT2D eigenvalue weighted by Crippen LogP contribution is -2.23. The van der Waals surface area contributed by atoms with Crippen LogP contribution in [0.3, 0.4) is 0 Å². The Morgan fingerprint density at radius 1 is 1.25 bits per heavy atom. The zero-order chi connectivity index (χ0) is 14.5. The van der Waals surface area contributed by atoms with Gasteiger partial charge >= 0.3 is 0 Å². The van der Waals surface area contributed by atoms with Gasteiger partial charge < -0.3 is 5.32 Å². The molecule has 0 radical (unpaired) electrons. The molecule has 0 aliphatic heterocycles. The number of aromatic nitrogens is 1. The van der Waals surface area contributed by atoms with Crippen LogP contribution in [0.15, 0.2) is 36.7 Å². The van der Waals surface area contributed by atoms with Gasteiger partial charge in [0.05, 0.1) is 6.04 Å². The second-order valence-electron chi connectivity index (χ2n) is 4.93. The van der Waals surface area contributed by atoms with Crippen molar-refractivity contribution < 1.29 is 4.39 Å². The number of hydrogen-bond donors (Lipinski definition) is 1. The lowest BCUT2D eigenvalue weighted by Gasteiger charge is -2.21. The first-order valence-corrected chi connectivity index (χ1v) is 7.09. The van der Waals surface area contributed by atoms with E-state index in [1.807, 2.05) is 24.4 Å². The van der Waals surface area contributed by atoms with Gasteiger partial charge in [0.2, 0.25) is 0 Å². The van der Waals surface area contributed by atoms with Crippen molar-refractivity contribution in [2.45, 2.75) is 33.2 Å². The molecule has 2 aromatic rings. The van der Waals surface area contributed by atoms with E-state index >= 15 is 0 Å². The molecular formula is C17H21FN2. The highest BCUT2D eigenvalue weighted by Crippen LogP contribution is 2.26. The summed E-state index contributed by atoms with van der Waals surface area (Å²) in [5, 5.41) is 3.44. The minimum atomic E-state index is -0.155. The summed E-state index contributed by atoms with van der Waals surface area (Å²) in [5.74, 6) is -0.155. The van der Waals surface area contributed by atoms with Crippen molar-refractivity contribution in [1.29, 1.82) is 0 Å². The molecule has 0 saturated heterocycles. The molecule has 1 aromatic heterocycles. The normalized spacial score (nSPS) is 12.4. The van der Waals surface area contributed by atoms with E-state index in [2.05, 4.69) is 24.1 Å². The quantitative estimate of drug-likeness (QED) is 0.895. The largest absolute Gasteiger partial charge is 0.307 e. The number of rotatable bonds is 5. The molecule has 1 aromatic carbocycles. The van der Waals surface area contributed by atoms with Gasteiger partial charge in [-0.25, -0.2) is 4.39 Å². The molecule has 1 N–H and O–H groups in total. The van der Waals surface area contributed by atoms with Crippen LogP contribution in [0.2, 0.25) is 0 Å². The Labute approximate surface area is 120 Å². The topological polar surface area (TPSA) is 24.9 Å². The summed E-state index contributed by atoms with van der Waals surface area (Å²) in [7, 11) is 0. The predicted octanol–water partition coefficient (Wildman–Crippen LogP) is 3.79. The van der Waals surface area contributed by atoms with E-state index in [0.717, 1.165) is 18.5 Å². The number of nitrogens with zero attached hydrogens (tertiary/aromatic N) is 1. The van der Waals surface area contributed by atoms with Crippen LogP contribution in [0.25, 0.3) is 0 Å². The summed E-state index contributed by atoms with van der Waals surface area (Å²) in [6.45, 7) is 6.78. The molecule has 3 heteroatoms. The van der Waals surface area contributed by atoms with Crippen LogP contribution in [0.5, 0.6) is 0 Å². The number of pyridine rings is 1. The zero-order valence-corrected chi connectivity index (χ0v) is 12.3. The van der Waals surface area contributed by atoms with Crippen molar-refractivity contribution in [2.24, 2.45) is 0 Å². The van der Waals surface area contributed by atoms with E-state index < -0.39 is 0 Å². The van der Waals surface area contributed by atoms with Crippen LogP contribution in [-0.2, 0) is 6.42 Å². The Kier molecular flexibility index (Phi) is 4.85. The highest BCUT2D eigenvalue weighted by Gasteiger charge is 2.17. The first-order chi connectivity index (χ1) is 9.67. The monoisotopic (exact) mass is 272 g/mol. The summed E-state index contributed by atoms with van der Waals surface area (Å²) in [4.78, 5) is 4.18. The first-order valence-electron chi connectivity index (χ1n) is 7.09. The van der Waals surface area contributed by atoms with E-state index in [4.69, 9.17) is 0 Å². The number of benzene rings is 1. The minimum absolute atomic E-state index is 0.00745. The van der Waals surface area contributed by atoms with Crippen molar-refractivity contribution in [3.05, 3.63) is 64.7 Å². The molecule has 106 valence electrons. The number of nitrogens with one attached hydrogen (secondary N) is 1. The Bertz CT molecular complexity index is 581. The summed E-state index contributed by atoms with van der Waals surface area (Å²) >= 11 is 0. The van der Waals surface area contributed by atoms with E-state index in [-0.39, 0.29) is 11.9 Å². The van der Waals surface area contributed by atoms with Crippen molar-refractivity contribution in [1.82, 2.24) is 10.3 Å². The molecule has 0 saturated carbocycles. The third-order valence-electron chi connectivity index (χ3n) is 3.57. The van der Waals surface area contributed by atoms with Gasteiger partial charge in [0.25, 0.3) is 0 Å². The molecule has 2 rings (SSSR count). The maximum Gasteiger partial charge on any atom is 0.126 e. The van der Waals surface area contributed by atoms with Crippen LogP contribution in [-0.4, -0.2) is 11.5 Å². The number of hydrogen-bond acceptors (Lipinski definition) is 2. The second-order valence-corrected chi connectivity index (χ2v) is 4.93. The standard InChI is InChI=1S/C17H21FN2/c1-4-13-11-19-9-8-15(13)17(20-5-2)14-7-6-12(3)16(18)10-14/h6-11,17,20H,4-5H2,1-3H3. The van der Waals surface area contributed by atoms with Gasteiger partial charge in [-0.05, 0) is 54.3 Å². The molecule has 0 aliphatic rings. The summed E-state index contributed by atoms with van der Waals surface area (Å²) < 4.78 is 13.8. The smallest absolute Gasteiger partial charge is 0.126 e. The van der Waals surface area contributed by atoms with E-state index in [1.54, 1.807) is 19.2 Å². The average molecular weight is 272 g/mol. The van der Waals surface area contributed by atoms with Crippen molar-refractivity contribution in [3.8, 4) is 0 Å². The summed E-state index contributed by atoms with van der Waals surface area (Å²) in [6.07, 6.45) is 4.60. The van der Waals surface area contributed by atoms with Crippen LogP contribution in [0.4, 0.5) is 4.39 Å². The molecule has 0 spiro atoms. The van der Waals surface area contributed by atoms with Crippen molar-refractivity contribution in [2.75, 3.05) is 6.54 Å². The van der Waals surface area contributed by atoms with Crippen LogP contribution < -0.4 is 5.32 Å². The summed E-state index contributed by atoms with van der Waals surface area (Å²) in [5.41, 5.74) is 4.00. The highest BCUT2D eigenvalue weighted by atomic mass is 19.1. The van der Waals surface area contributed by atoms with Crippen LogP contribution in [0, 0.1) is 12.7 Å². The third kappa shape index (κ3) is 3.05. The first kappa shape index (κ1) is 14.7. The lowest BCUT2D eigenvalue weighted by atomic mass is 9.94. The second kappa shape index (κ2) is 6.62. The van der Waals surface area contributed by atoms with E-state index in [9.17, 15) is 4.39 Å². The molecule has 0 bridgehead atoms. The van der Waals surface area contributed by atoms with E-state index in [0.29, 0.717) is 5.56 Å². The fourth-order valence-electron chi connectivity index (χ4n) is 2.42. The molecular weight excluding hydrogens is 251 g/mol. The van der Waals surface area contributed by atoms with Crippen molar-refractivity contribution in [3.63, 3.8) is 0 Å². The fraction of sp³-hybridized carbons (Fsp3) is 0.353. The fourth-order valence-corrected chi connectivity index (χ4v) is 2.42. The molecule has 1 unspecified atom stereocenters. The molecule has 0 aliphatic carbocycles. The van der Waals surface area contributed by atoms with Gasteiger partial charge in [-0.1, -0.05) is 26.0 Å². The predicted molar refractivity (Wildman–Crippen MR) is 80.3 cm³/mol. The number of aryl methyl sites for hydroxylation is 2. The Hall–Kier alpha value is -1.74. The van der Waals surface area contributed by atoms with Gasteiger partial charge in [-0.3, -0.25) is 4.98 Å². The van der Waals surface area contributed by atoms with Gasteiger partial charge in [-0.15, -0.1) is 0 Å². The molecule has 1 heterocycles.